The van der Waals surface area contributed by atoms with Crippen molar-refractivity contribution in [2.75, 3.05) is 0 Å². The second kappa shape index (κ2) is 2.33. The molecule has 0 amide bonds. The molecule has 0 spiro atoms. The molecule has 0 aromatic carbocycles. The van der Waals surface area contributed by atoms with Gasteiger partial charge in [0.2, 0.25) is 0 Å². The minimum absolute atomic E-state index is 0.417. The van der Waals surface area contributed by atoms with E-state index in [1.54, 1.807) is 0 Å². The van der Waals surface area contributed by atoms with E-state index in [0.717, 1.165) is 0 Å². The van der Waals surface area contributed by atoms with Gasteiger partial charge >= 0.3 is 0 Å². The van der Waals surface area contributed by atoms with E-state index in [9.17, 15) is 10.1 Å². The average molecular weight is 164 g/mol. The first-order chi connectivity index (χ1) is 5.77. The highest BCUT2D eigenvalue weighted by Crippen LogP contribution is 2.11. The van der Waals surface area contributed by atoms with E-state index in [1.807, 2.05) is 0 Å². The fourth-order valence-corrected chi connectivity index (χ4v) is 0.968. The van der Waals surface area contributed by atoms with Gasteiger partial charge in [0.1, 0.15) is 0 Å². The van der Waals surface area contributed by atoms with Crippen molar-refractivity contribution in [3.8, 4) is 0 Å². The van der Waals surface area contributed by atoms with Gasteiger partial charge in [-0.1, -0.05) is 0 Å². The molecule has 12 heavy (non-hydrogen) atoms. The maximum absolute atomic E-state index is 10.3. The van der Waals surface area contributed by atoms with Gasteiger partial charge in [-0.05, 0) is 0 Å². The molecule has 0 bridgehead atoms. The van der Waals surface area contributed by atoms with Crippen molar-refractivity contribution < 1.29 is 4.92 Å². The molecule has 6 nitrogen and oxygen atoms in total. The van der Waals surface area contributed by atoms with E-state index in [-0.39, 0.29) is 0 Å². The zero-order valence-corrected chi connectivity index (χ0v) is 5.91. The first-order valence-corrected chi connectivity index (χ1v) is 3.28. The van der Waals surface area contributed by atoms with E-state index in [2.05, 4.69) is 15.2 Å². The maximum Gasteiger partial charge on any atom is 0.267 e. The summed E-state index contributed by atoms with van der Waals surface area (Å²) >= 11 is 0. The SMILES string of the molecule is O=[N+]([O-])[C@H]1C=NC2=NN=CC2=C1. The summed E-state index contributed by atoms with van der Waals surface area (Å²) in [5.41, 5.74) is 0.624. The van der Waals surface area contributed by atoms with Gasteiger partial charge in [0.25, 0.3) is 6.04 Å². The van der Waals surface area contributed by atoms with Crippen LogP contribution in [0, 0.1) is 10.1 Å². The first kappa shape index (κ1) is 6.84. The Bertz CT molecular complexity index is 353. The lowest BCUT2D eigenvalue weighted by Gasteiger charge is -2.04. The summed E-state index contributed by atoms with van der Waals surface area (Å²) in [5, 5.41) is 17.6. The van der Waals surface area contributed by atoms with E-state index in [4.69, 9.17) is 0 Å². The smallest absolute Gasteiger partial charge is 0.264 e. The van der Waals surface area contributed by atoms with Crippen LogP contribution in [0.5, 0.6) is 0 Å². The molecule has 0 N–H and O–H groups in total. The minimum atomic E-state index is -0.844. The number of rotatable bonds is 1. The number of dihydropyridines is 1. The van der Waals surface area contributed by atoms with Gasteiger partial charge in [-0.3, -0.25) is 10.1 Å². The van der Waals surface area contributed by atoms with Gasteiger partial charge in [-0.2, -0.15) is 5.10 Å². The van der Waals surface area contributed by atoms with Crippen molar-refractivity contribution in [2.24, 2.45) is 15.2 Å². The molecule has 2 aliphatic rings. The van der Waals surface area contributed by atoms with Gasteiger partial charge in [0, 0.05) is 16.6 Å². The van der Waals surface area contributed by atoms with Gasteiger partial charge in [0.15, 0.2) is 5.84 Å². The van der Waals surface area contributed by atoms with Crippen LogP contribution in [0.2, 0.25) is 0 Å². The number of hydrogen-bond donors (Lipinski definition) is 0. The van der Waals surface area contributed by atoms with E-state index >= 15 is 0 Å². The molecule has 0 aliphatic carbocycles. The monoisotopic (exact) mass is 164 g/mol. The Hall–Kier alpha value is -1.85. The molecule has 0 unspecified atom stereocenters. The Morgan fingerprint density at radius 1 is 1.58 bits per heavy atom. The van der Waals surface area contributed by atoms with Crippen LogP contribution in [-0.2, 0) is 0 Å². The molecule has 2 aliphatic heterocycles. The predicted octanol–water partition coefficient (Wildman–Crippen LogP) is 0.0404. The summed E-state index contributed by atoms with van der Waals surface area (Å²) < 4.78 is 0. The van der Waals surface area contributed by atoms with Crippen LogP contribution in [0.3, 0.4) is 0 Å². The second-order valence-corrected chi connectivity index (χ2v) is 2.34. The molecule has 2 heterocycles. The fourth-order valence-electron chi connectivity index (χ4n) is 0.968. The molecule has 0 saturated heterocycles. The zero-order chi connectivity index (χ0) is 8.55. The third kappa shape index (κ3) is 0.931. The lowest BCUT2D eigenvalue weighted by atomic mass is 10.1. The zero-order valence-electron chi connectivity index (χ0n) is 5.91. The Balaban J connectivity index is 2.33. The molecular formula is C6H4N4O2. The topological polar surface area (TPSA) is 80.2 Å². The third-order valence-corrected chi connectivity index (χ3v) is 1.55. The number of amidine groups is 1. The van der Waals surface area contributed by atoms with Gasteiger partial charge < -0.3 is 0 Å². The summed E-state index contributed by atoms with van der Waals surface area (Å²) in [5.74, 6) is 0.452. The highest BCUT2D eigenvalue weighted by atomic mass is 16.6. The highest BCUT2D eigenvalue weighted by molar-refractivity contribution is 6.21. The van der Waals surface area contributed by atoms with Crippen molar-refractivity contribution in [1.29, 1.82) is 0 Å². The summed E-state index contributed by atoms with van der Waals surface area (Å²) in [7, 11) is 0. The Kier molecular flexibility index (Phi) is 1.33. The van der Waals surface area contributed by atoms with Crippen LogP contribution in [0.25, 0.3) is 0 Å². The summed E-state index contributed by atoms with van der Waals surface area (Å²) in [6, 6.07) is -0.844. The second-order valence-electron chi connectivity index (χ2n) is 2.34. The molecule has 0 fully saturated rings. The average Bonchev–Trinajstić information content (AvgIpc) is 2.49. The Morgan fingerprint density at radius 3 is 3.17 bits per heavy atom. The van der Waals surface area contributed by atoms with Crippen molar-refractivity contribution in [3.05, 3.63) is 21.8 Å². The van der Waals surface area contributed by atoms with E-state index < -0.39 is 11.0 Å². The molecule has 60 valence electrons. The highest BCUT2D eigenvalue weighted by Gasteiger charge is 2.23. The third-order valence-electron chi connectivity index (χ3n) is 1.55. The van der Waals surface area contributed by atoms with Gasteiger partial charge in [-0.15, -0.1) is 5.10 Å². The lowest BCUT2D eigenvalue weighted by Crippen LogP contribution is -2.23. The van der Waals surface area contributed by atoms with Crippen LogP contribution in [0.4, 0.5) is 0 Å². The number of fused-ring (bicyclic) bond motifs is 1. The Labute approximate surface area is 67.2 Å². The summed E-state index contributed by atoms with van der Waals surface area (Å²) in [6.45, 7) is 0. The maximum atomic E-state index is 10.3. The Morgan fingerprint density at radius 2 is 2.42 bits per heavy atom. The van der Waals surface area contributed by atoms with Gasteiger partial charge in [-0.25, -0.2) is 4.99 Å². The molecule has 0 aromatic heterocycles. The van der Waals surface area contributed by atoms with Gasteiger partial charge in [0.05, 0.1) is 12.4 Å². The summed E-state index contributed by atoms with van der Waals surface area (Å²) in [6.07, 6.45) is 4.18. The van der Waals surface area contributed by atoms with E-state index in [1.165, 1.54) is 18.5 Å². The van der Waals surface area contributed by atoms with E-state index in [0.29, 0.717) is 11.4 Å². The normalized spacial score (nSPS) is 24.8. The number of hydrogen-bond acceptors (Lipinski definition) is 5. The van der Waals surface area contributed by atoms with Crippen molar-refractivity contribution >= 4 is 18.3 Å². The molecule has 2 rings (SSSR count). The predicted molar refractivity (Wildman–Crippen MR) is 43.3 cm³/mol. The molecule has 6 heteroatoms. The van der Waals surface area contributed by atoms with Crippen LogP contribution < -0.4 is 0 Å². The molecule has 0 aromatic rings. The molecule has 0 saturated carbocycles. The van der Waals surface area contributed by atoms with Crippen molar-refractivity contribution in [3.63, 3.8) is 0 Å². The molecule has 0 radical (unpaired) electrons. The van der Waals surface area contributed by atoms with Crippen LogP contribution in [-0.4, -0.2) is 29.2 Å². The quantitative estimate of drug-likeness (QED) is 0.405. The van der Waals surface area contributed by atoms with Crippen molar-refractivity contribution in [1.82, 2.24) is 0 Å². The summed E-state index contributed by atoms with van der Waals surface area (Å²) in [4.78, 5) is 13.7. The first-order valence-electron chi connectivity index (χ1n) is 3.28. The number of nitrogens with zero attached hydrogens (tertiary/aromatic N) is 4. The molecule has 1 atom stereocenters. The van der Waals surface area contributed by atoms with Crippen molar-refractivity contribution in [2.45, 2.75) is 6.04 Å². The van der Waals surface area contributed by atoms with Crippen LogP contribution in [0.15, 0.2) is 26.8 Å². The largest absolute Gasteiger partial charge is 0.267 e. The standard InChI is InChI=1S/C6H4N4O2/c11-10(12)5-1-4-2-8-9-6(4)7-3-5/h1-3,5H/t5-/m1/s1. The lowest BCUT2D eigenvalue weighted by molar-refractivity contribution is -0.489. The van der Waals surface area contributed by atoms with Crippen LogP contribution >= 0.6 is 0 Å². The number of aliphatic imine (C=N–C) groups is 1. The van der Waals surface area contributed by atoms with Crippen LogP contribution in [0.1, 0.15) is 0 Å². The number of nitro groups is 1. The molecular weight excluding hydrogens is 160 g/mol. The fraction of sp³-hybridized carbons (Fsp3) is 0.167. The minimum Gasteiger partial charge on any atom is -0.264 e.